The zero-order chi connectivity index (χ0) is 13.1. The zero-order valence-electron chi connectivity index (χ0n) is 9.02. The number of thioether (sulfide) groups is 1. The van der Waals surface area contributed by atoms with Gasteiger partial charge in [-0.3, -0.25) is 0 Å². The molecule has 1 aromatic heterocycles. The molecule has 0 unspecified atom stereocenters. The van der Waals surface area contributed by atoms with Crippen LogP contribution >= 0.6 is 23.1 Å². The van der Waals surface area contributed by atoms with E-state index in [1.165, 1.54) is 6.07 Å². The highest BCUT2D eigenvalue weighted by Crippen LogP contribution is 2.29. The molecule has 1 aromatic carbocycles. The normalized spacial score (nSPS) is 10.6. The summed E-state index contributed by atoms with van der Waals surface area (Å²) in [6, 6.07) is 6.46. The molecule has 0 aliphatic carbocycles. The minimum atomic E-state index is -0.979. The van der Waals surface area contributed by atoms with Crippen LogP contribution in [0.5, 0.6) is 0 Å². The third-order valence-electron chi connectivity index (χ3n) is 2.14. The first-order valence-corrected chi connectivity index (χ1v) is 6.76. The smallest absolute Gasteiger partial charge is 0.345 e. The summed E-state index contributed by atoms with van der Waals surface area (Å²) in [6.07, 6.45) is 0. The van der Waals surface area contributed by atoms with Crippen LogP contribution in [-0.2, 0) is 5.75 Å². The predicted molar refractivity (Wildman–Crippen MR) is 67.2 cm³/mol. The maximum atomic E-state index is 13.3. The van der Waals surface area contributed by atoms with Gasteiger partial charge in [-0.1, -0.05) is 0 Å². The lowest BCUT2D eigenvalue weighted by Gasteiger charge is -2.01. The van der Waals surface area contributed by atoms with Crippen LogP contribution in [0.1, 0.15) is 14.5 Å². The maximum absolute atomic E-state index is 13.3. The van der Waals surface area contributed by atoms with Crippen molar-refractivity contribution in [3.8, 4) is 0 Å². The Morgan fingerprint density at radius 3 is 2.72 bits per heavy atom. The van der Waals surface area contributed by atoms with Crippen LogP contribution in [0.25, 0.3) is 0 Å². The van der Waals surface area contributed by atoms with Crippen molar-refractivity contribution in [3.63, 3.8) is 0 Å². The number of benzene rings is 1. The molecule has 94 valence electrons. The van der Waals surface area contributed by atoms with Crippen molar-refractivity contribution in [2.75, 3.05) is 0 Å². The van der Waals surface area contributed by atoms with Crippen LogP contribution in [0.4, 0.5) is 8.78 Å². The van der Waals surface area contributed by atoms with Crippen LogP contribution in [0.15, 0.2) is 35.2 Å². The number of rotatable bonds is 4. The van der Waals surface area contributed by atoms with Gasteiger partial charge < -0.3 is 5.11 Å². The van der Waals surface area contributed by atoms with E-state index in [1.807, 2.05) is 0 Å². The van der Waals surface area contributed by atoms with Gasteiger partial charge >= 0.3 is 5.97 Å². The average Bonchev–Trinajstić information content (AvgIpc) is 2.79. The highest BCUT2D eigenvalue weighted by molar-refractivity contribution is 7.98. The summed E-state index contributed by atoms with van der Waals surface area (Å²) in [6.45, 7) is 0. The Hall–Kier alpha value is -1.40. The quantitative estimate of drug-likeness (QED) is 0.863. The molecule has 0 atom stereocenters. The van der Waals surface area contributed by atoms with Crippen LogP contribution < -0.4 is 0 Å². The van der Waals surface area contributed by atoms with E-state index in [2.05, 4.69) is 0 Å². The SMILES string of the molecule is O=C(O)c1ccc(CSc2cc(F)ccc2F)s1. The molecule has 2 rings (SSSR count). The Kier molecular flexibility index (Phi) is 3.98. The highest BCUT2D eigenvalue weighted by atomic mass is 32.2. The summed E-state index contributed by atoms with van der Waals surface area (Å²) < 4.78 is 26.3. The molecule has 0 spiro atoms. The average molecular weight is 286 g/mol. The lowest BCUT2D eigenvalue weighted by atomic mass is 10.3. The molecule has 6 heteroatoms. The third-order valence-corrected chi connectivity index (χ3v) is 4.47. The number of carboxylic acids is 1. The Morgan fingerprint density at radius 2 is 2.06 bits per heavy atom. The monoisotopic (exact) mass is 286 g/mol. The van der Waals surface area contributed by atoms with E-state index in [0.29, 0.717) is 5.75 Å². The fourth-order valence-electron chi connectivity index (χ4n) is 1.31. The number of hydrogen-bond donors (Lipinski definition) is 1. The minimum Gasteiger partial charge on any atom is -0.477 e. The standard InChI is InChI=1S/C12H8F2O2S2/c13-7-1-3-9(14)11(5-7)17-6-8-2-4-10(18-8)12(15)16/h1-5H,6H2,(H,15,16). The summed E-state index contributed by atoms with van der Waals surface area (Å²) in [5.41, 5.74) is 0. The van der Waals surface area contributed by atoms with Gasteiger partial charge in [-0.05, 0) is 30.3 Å². The van der Waals surface area contributed by atoms with Crippen LogP contribution in [0.2, 0.25) is 0 Å². The Balaban J connectivity index is 2.06. The lowest BCUT2D eigenvalue weighted by molar-refractivity contribution is 0.0702. The zero-order valence-corrected chi connectivity index (χ0v) is 10.7. The number of hydrogen-bond acceptors (Lipinski definition) is 3. The van der Waals surface area contributed by atoms with Gasteiger partial charge in [-0.15, -0.1) is 23.1 Å². The third kappa shape index (κ3) is 3.08. The van der Waals surface area contributed by atoms with E-state index < -0.39 is 17.6 Å². The topological polar surface area (TPSA) is 37.3 Å². The molecule has 0 aliphatic rings. The summed E-state index contributed by atoms with van der Waals surface area (Å²) >= 11 is 2.28. The number of aromatic carboxylic acids is 1. The Bertz CT molecular complexity index is 581. The molecule has 0 radical (unpaired) electrons. The van der Waals surface area contributed by atoms with Crippen LogP contribution in [0, 0.1) is 11.6 Å². The summed E-state index contributed by atoms with van der Waals surface area (Å²) in [7, 11) is 0. The predicted octanol–water partition coefficient (Wildman–Crippen LogP) is 4.02. The molecule has 0 bridgehead atoms. The van der Waals surface area contributed by atoms with Crippen LogP contribution in [-0.4, -0.2) is 11.1 Å². The van der Waals surface area contributed by atoms with Gasteiger partial charge in [0.15, 0.2) is 0 Å². The molecule has 1 heterocycles. The molecule has 0 saturated heterocycles. The van der Waals surface area contributed by atoms with Crippen molar-refractivity contribution in [2.45, 2.75) is 10.6 Å². The fraction of sp³-hybridized carbons (Fsp3) is 0.0833. The van der Waals surface area contributed by atoms with Gasteiger partial charge in [0.1, 0.15) is 16.5 Å². The van der Waals surface area contributed by atoms with Gasteiger partial charge in [-0.2, -0.15) is 0 Å². The molecular formula is C12H8F2O2S2. The molecule has 18 heavy (non-hydrogen) atoms. The van der Waals surface area contributed by atoms with Crippen molar-refractivity contribution in [1.82, 2.24) is 0 Å². The Morgan fingerprint density at radius 1 is 1.28 bits per heavy atom. The summed E-state index contributed by atoms with van der Waals surface area (Å²) in [5.74, 6) is -1.53. The largest absolute Gasteiger partial charge is 0.477 e. The number of carbonyl (C=O) groups is 1. The minimum absolute atomic E-state index is 0.222. The first-order chi connectivity index (χ1) is 8.56. The van der Waals surface area contributed by atoms with E-state index in [0.717, 1.165) is 46.2 Å². The first-order valence-electron chi connectivity index (χ1n) is 4.96. The molecule has 2 aromatic rings. The number of carboxylic acid groups (broad SMARTS) is 1. The van der Waals surface area contributed by atoms with Gasteiger partial charge in [0, 0.05) is 15.5 Å². The molecule has 0 saturated carbocycles. The Labute approximate surface area is 110 Å². The van der Waals surface area contributed by atoms with Crippen molar-refractivity contribution < 1.29 is 18.7 Å². The first kappa shape index (κ1) is 13.0. The van der Waals surface area contributed by atoms with E-state index in [-0.39, 0.29) is 9.77 Å². The summed E-state index contributed by atoms with van der Waals surface area (Å²) in [4.78, 5) is 12.0. The lowest BCUT2D eigenvalue weighted by Crippen LogP contribution is -1.89. The second-order valence-electron chi connectivity index (χ2n) is 3.43. The van der Waals surface area contributed by atoms with Gasteiger partial charge in [0.05, 0.1) is 0 Å². The summed E-state index contributed by atoms with van der Waals surface area (Å²) in [5, 5.41) is 8.76. The molecular weight excluding hydrogens is 278 g/mol. The molecule has 1 N–H and O–H groups in total. The van der Waals surface area contributed by atoms with Crippen molar-refractivity contribution in [1.29, 1.82) is 0 Å². The van der Waals surface area contributed by atoms with Crippen molar-refractivity contribution in [2.24, 2.45) is 0 Å². The van der Waals surface area contributed by atoms with E-state index >= 15 is 0 Å². The number of thiophene rings is 1. The van der Waals surface area contributed by atoms with Crippen molar-refractivity contribution >= 4 is 29.1 Å². The van der Waals surface area contributed by atoms with E-state index in [1.54, 1.807) is 6.07 Å². The second-order valence-corrected chi connectivity index (χ2v) is 5.62. The molecule has 0 aliphatic heterocycles. The second kappa shape index (κ2) is 5.49. The molecule has 2 nitrogen and oxygen atoms in total. The fourth-order valence-corrected chi connectivity index (χ4v) is 3.16. The van der Waals surface area contributed by atoms with E-state index in [9.17, 15) is 13.6 Å². The van der Waals surface area contributed by atoms with Gasteiger partial charge in [0.2, 0.25) is 0 Å². The van der Waals surface area contributed by atoms with E-state index in [4.69, 9.17) is 5.11 Å². The maximum Gasteiger partial charge on any atom is 0.345 e. The van der Waals surface area contributed by atoms with Crippen molar-refractivity contribution in [3.05, 3.63) is 51.7 Å². The van der Waals surface area contributed by atoms with Crippen LogP contribution in [0.3, 0.4) is 0 Å². The highest BCUT2D eigenvalue weighted by Gasteiger charge is 2.09. The molecule has 0 fully saturated rings. The van der Waals surface area contributed by atoms with Gasteiger partial charge in [-0.25, -0.2) is 13.6 Å². The van der Waals surface area contributed by atoms with Gasteiger partial charge in [0.25, 0.3) is 0 Å². The number of halogens is 2. The molecule has 0 amide bonds.